The van der Waals surface area contributed by atoms with E-state index in [-0.39, 0.29) is 0 Å². The molecule has 1 atom stereocenters. The molecule has 3 rings (SSSR count). The molecular formula is C14H26N2. The molecule has 0 spiro atoms. The van der Waals surface area contributed by atoms with Crippen LogP contribution in [0.5, 0.6) is 0 Å². The Morgan fingerprint density at radius 2 is 2.06 bits per heavy atom. The van der Waals surface area contributed by atoms with Crippen LogP contribution in [0.3, 0.4) is 0 Å². The van der Waals surface area contributed by atoms with Crippen molar-refractivity contribution >= 4 is 0 Å². The van der Waals surface area contributed by atoms with E-state index in [9.17, 15) is 0 Å². The predicted molar refractivity (Wildman–Crippen MR) is 67.5 cm³/mol. The van der Waals surface area contributed by atoms with Gasteiger partial charge in [-0.2, -0.15) is 0 Å². The minimum Gasteiger partial charge on any atom is -0.316 e. The zero-order valence-corrected chi connectivity index (χ0v) is 10.7. The van der Waals surface area contributed by atoms with E-state index >= 15 is 0 Å². The van der Waals surface area contributed by atoms with Crippen molar-refractivity contribution in [3.05, 3.63) is 0 Å². The lowest BCUT2D eigenvalue weighted by molar-refractivity contribution is 0.123. The molecule has 1 N–H and O–H groups in total. The molecule has 1 saturated heterocycles. The van der Waals surface area contributed by atoms with E-state index in [1.54, 1.807) is 0 Å². The second-order valence-corrected chi connectivity index (χ2v) is 6.69. The van der Waals surface area contributed by atoms with Gasteiger partial charge in [0.1, 0.15) is 0 Å². The standard InChI is InChI=1S/C14H26N2/c1-14(7-2-8-15-10-14)11-16(13-5-6-13)9-12-3-4-12/h12-13,15H,2-11H2,1H3. The van der Waals surface area contributed by atoms with Gasteiger partial charge in [0.15, 0.2) is 0 Å². The Hall–Kier alpha value is -0.0800. The fourth-order valence-electron chi connectivity index (χ4n) is 3.16. The lowest BCUT2D eigenvalue weighted by atomic mass is 9.82. The number of nitrogens with one attached hydrogen (secondary N) is 1. The highest BCUT2D eigenvalue weighted by Gasteiger charge is 2.38. The third-order valence-corrected chi connectivity index (χ3v) is 4.52. The van der Waals surface area contributed by atoms with Gasteiger partial charge in [-0.05, 0) is 56.4 Å². The normalized spacial score (nSPS) is 35.6. The first-order valence-corrected chi connectivity index (χ1v) is 7.20. The van der Waals surface area contributed by atoms with Crippen molar-refractivity contribution in [3.63, 3.8) is 0 Å². The smallest absolute Gasteiger partial charge is 0.00967 e. The third kappa shape index (κ3) is 2.78. The number of rotatable bonds is 5. The Morgan fingerprint density at radius 3 is 2.62 bits per heavy atom. The Bertz CT molecular complexity index is 237. The molecule has 2 saturated carbocycles. The van der Waals surface area contributed by atoms with Crippen LogP contribution in [0.15, 0.2) is 0 Å². The van der Waals surface area contributed by atoms with Gasteiger partial charge in [-0.3, -0.25) is 4.90 Å². The van der Waals surface area contributed by atoms with Crippen LogP contribution in [0.2, 0.25) is 0 Å². The highest BCUT2D eigenvalue weighted by atomic mass is 15.2. The summed E-state index contributed by atoms with van der Waals surface area (Å²) in [6, 6.07) is 0.958. The van der Waals surface area contributed by atoms with Crippen LogP contribution < -0.4 is 5.32 Å². The van der Waals surface area contributed by atoms with Crippen LogP contribution >= 0.6 is 0 Å². The van der Waals surface area contributed by atoms with Gasteiger partial charge in [0.2, 0.25) is 0 Å². The van der Waals surface area contributed by atoms with Crippen LogP contribution in [0.4, 0.5) is 0 Å². The van der Waals surface area contributed by atoms with Crippen LogP contribution in [0, 0.1) is 11.3 Å². The van der Waals surface area contributed by atoms with Crippen LogP contribution in [0.25, 0.3) is 0 Å². The fraction of sp³-hybridized carbons (Fsp3) is 1.00. The summed E-state index contributed by atoms with van der Waals surface area (Å²) in [6.07, 6.45) is 8.73. The second-order valence-electron chi connectivity index (χ2n) is 6.69. The van der Waals surface area contributed by atoms with Crippen molar-refractivity contribution in [2.75, 3.05) is 26.2 Å². The minimum atomic E-state index is 0.551. The summed E-state index contributed by atoms with van der Waals surface area (Å²) in [7, 11) is 0. The summed E-state index contributed by atoms with van der Waals surface area (Å²) in [5.74, 6) is 1.06. The molecule has 0 aromatic carbocycles. The molecule has 0 amide bonds. The maximum atomic E-state index is 3.58. The average Bonchev–Trinajstić information content (AvgIpc) is 3.13. The van der Waals surface area contributed by atoms with Crippen molar-refractivity contribution in [3.8, 4) is 0 Å². The molecular weight excluding hydrogens is 196 g/mol. The maximum absolute atomic E-state index is 3.58. The molecule has 3 aliphatic rings. The third-order valence-electron chi connectivity index (χ3n) is 4.52. The van der Waals surface area contributed by atoms with Gasteiger partial charge in [-0.1, -0.05) is 6.92 Å². The Kier molecular flexibility index (Phi) is 2.97. The van der Waals surface area contributed by atoms with Gasteiger partial charge in [0, 0.05) is 25.7 Å². The Labute approximate surface area is 99.8 Å². The molecule has 2 heteroatoms. The van der Waals surface area contributed by atoms with Gasteiger partial charge in [0.25, 0.3) is 0 Å². The number of hydrogen-bond acceptors (Lipinski definition) is 2. The van der Waals surface area contributed by atoms with Crippen molar-refractivity contribution in [2.45, 2.75) is 51.5 Å². The lowest BCUT2D eigenvalue weighted by Crippen LogP contribution is -2.47. The lowest BCUT2D eigenvalue weighted by Gasteiger charge is -2.39. The van der Waals surface area contributed by atoms with E-state index in [0.29, 0.717) is 5.41 Å². The average molecular weight is 222 g/mol. The van der Waals surface area contributed by atoms with Gasteiger partial charge >= 0.3 is 0 Å². The van der Waals surface area contributed by atoms with Crippen LogP contribution in [0.1, 0.15) is 45.4 Å². The molecule has 2 nitrogen and oxygen atoms in total. The first-order valence-electron chi connectivity index (χ1n) is 7.20. The van der Waals surface area contributed by atoms with E-state index in [4.69, 9.17) is 0 Å². The summed E-state index contributed by atoms with van der Waals surface area (Å²) in [5.41, 5.74) is 0.551. The number of nitrogens with zero attached hydrogens (tertiary/aromatic N) is 1. The zero-order chi connectivity index (χ0) is 11.0. The van der Waals surface area contributed by atoms with E-state index in [1.807, 2.05) is 0 Å². The largest absolute Gasteiger partial charge is 0.316 e. The maximum Gasteiger partial charge on any atom is 0.00967 e. The zero-order valence-electron chi connectivity index (χ0n) is 10.7. The summed E-state index contributed by atoms with van der Waals surface area (Å²) in [6.45, 7) is 7.71. The number of hydrogen-bond donors (Lipinski definition) is 1. The van der Waals surface area contributed by atoms with E-state index in [2.05, 4.69) is 17.1 Å². The van der Waals surface area contributed by atoms with E-state index in [0.717, 1.165) is 12.0 Å². The Balaban J connectivity index is 1.56. The molecule has 1 heterocycles. The SMILES string of the molecule is CC1(CN(CC2CC2)C2CC2)CCCNC1. The monoisotopic (exact) mass is 222 g/mol. The first-order chi connectivity index (χ1) is 7.75. The summed E-state index contributed by atoms with van der Waals surface area (Å²) < 4.78 is 0. The molecule has 0 aromatic heterocycles. The molecule has 0 radical (unpaired) electrons. The van der Waals surface area contributed by atoms with E-state index < -0.39 is 0 Å². The highest BCUT2D eigenvalue weighted by molar-refractivity contribution is 4.93. The topological polar surface area (TPSA) is 15.3 Å². The quantitative estimate of drug-likeness (QED) is 0.767. The number of piperidine rings is 1. The van der Waals surface area contributed by atoms with Crippen molar-refractivity contribution in [1.29, 1.82) is 0 Å². The molecule has 1 aliphatic heterocycles. The summed E-state index contributed by atoms with van der Waals surface area (Å²) in [4.78, 5) is 2.82. The predicted octanol–water partition coefficient (Wildman–Crippen LogP) is 2.25. The Morgan fingerprint density at radius 1 is 1.25 bits per heavy atom. The van der Waals surface area contributed by atoms with Gasteiger partial charge in [0.05, 0.1) is 0 Å². The highest BCUT2D eigenvalue weighted by Crippen LogP contribution is 2.37. The molecule has 16 heavy (non-hydrogen) atoms. The molecule has 0 bridgehead atoms. The fourth-order valence-corrected chi connectivity index (χ4v) is 3.16. The molecule has 2 aliphatic carbocycles. The summed E-state index contributed by atoms with van der Waals surface area (Å²) >= 11 is 0. The molecule has 1 unspecified atom stereocenters. The van der Waals surface area contributed by atoms with Crippen molar-refractivity contribution in [2.24, 2.45) is 11.3 Å². The van der Waals surface area contributed by atoms with Gasteiger partial charge < -0.3 is 5.32 Å². The van der Waals surface area contributed by atoms with Crippen molar-refractivity contribution < 1.29 is 0 Å². The molecule has 3 fully saturated rings. The van der Waals surface area contributed by atoms with Gasteiger partial charge in [-0.25, -0.2) is 0 Å². The van der Waals surface area contributed by atoms with Crippen LogP contribution in [-0.2, 0) is 0 Å². The molecule has 92 valence electrons. The van der Waals surface area contributed by atoms with Gasteiger partial charge in [-0.15, -0.1) is 0 Å². The molecule has 0 aromatic rings. The second kappa shape index (κ2) is 4.30. The first kappa shape index (κ1) is 11.0. The van der Waals surface area contributed by atoms with Crippen molar-refractivity contribution in [1.82, 2.24) is 10.2 Å². The van der Waals surface area contributed by atoms with E-state index in [1.165, 1.54) is 64.7 Å². The van der Waals surface area contributed by atoms with Crippen LogP contribution in [-0.4, -0.2) is 37.1 Å². The summed E-state index contributed by atoms with van der Waals surface area (Å²) in [5, 5.41) is 3.58. The minimum absolute atomic E-state index is 0.551.